The van der Waals surface area contributed by atoms with Gasteiger partial charge in [0.05, 0.1) is 6.04 Å². The van der Waals surface area contributed by atoms with Gasteiger partial charge in [0.2, 0.25) is 0 Å². The summed E-state index contributed by atoms with van der Waals surface area (Å²) in [5, 5.41) is 6.86. The molecule has 2 N–H and O–H groups in total. The third-order valence-electron chi connectivity index (χ3n) is 3.32. The number of hydrogen-bond acceptors (Lipinski definition) is 1. The Balaban J connectivity index is 1.89. The van der Waals surface area contributed by atoms with Gasteiger partial charge in [0.15, 0.2) is 5.96 Å². The van der Waals surface area contributed by atoms with Gasteiger partial charge < -0.3 is 10.6 Å². The van der Waals surface area contributed by atoms with E-state index in [9.17, 15) is 0 Å². The average molecular weight is 231 g/mol. The van der Waals surface area contributed by atoms with Crippen molar-refractivity contribution in [1.82, 2.24) is 10.6 Å². The van der Waals surface area contributed by atoms with E-state index in [0.29, 0.717) is 6.04 Å². The summed E-state index contributed by atoms with van der Waals surface area (Å²) in [6, 6.07) is 11.3. The number of nitrogens with one attached hydrogen (secondary N) is 2. The SMILES string of the molecule is CN=C(NC1CCC1)NC(C)c1ccccc1. The fourth-order valence-electron chi connectivity index (χ4n) is 1.95. The maximum Gasteiger partial charge on any atom is 0.191 e. The summed E-state index contributed by atoms with van der Waals surface area (Å²) < 4.78 is 0. The fourth-order valence-corrected chi connectivity index (χ4v) is 1.95. The van der Waals surface area contributed by atoms with Crippen molar-refractivity contribution in [1.29, 1.82) is 0 Å². The number of aliphatic imine (C=N–C) groups is 1. The molecule has 92 valence electrons. The molecule has 3 nitrogen and oxygen atoms in total. The summed E-state index contributed by atoms with van der Waals surface area (Å²) in [5.74, 6) is 0.908. The first-order chi connectivity index (χ1) is 8.29. The van der Waals surface area contributed by atoms with Crippen LogP contribution in [0.3, 0.4) is 0 Å². The zero-order valence-corrected chi connectivity index (χ0v) is 10.6. The van der Waals surface area contributed by atoms with E-state index in [1.54, 1.807) is 0 Å². The van der Waals surface area contributed by atoms with Crippen molar-refractivity contribution in [3.63, 3.8) is 0 Å². The Hall–Kier alpha value is -1.51. The van der Waals surface area contributed by atoms with E-state index in [1.165, 1.54) is 24.8 Å². The van der Waals surface area contributed by atoms with Crippen LogP contribution in [0, 0.1) is 0 Å². The lowest BCUT2D eigenvalue weighted by Crippen LogP contribution is -2.46. The van der Waals surface area contributed by atoms with E-state index >= 15 is 0 Å². The normalized spacial score (nSPS) is 18.4. The first-order valence-corrected chi connectivity index (χ1v) is 6.34. The first-order valence-electron chi connectivity index (χ1n) is 6.34. The zero-order valence-electron chi connectivity index (χ0n) is 10.6. The highest BCUT2D eigenvalue weighted by Crippen LogP contribution is 2.18. The number of benzene rings is 1. The van der Waals surface area contributed by atoms with E-state index < -0.39 is 0 Å². The lowest BCUT2D eigenvalue weighted by molar-refractivity contribution is 0.378. The van der Waals surface area contributed by atoms with Crippen LogP contribution >= 0.6 is 0 Å². The zero-order chi connectivity index (χ0) is 12.1. The molecule has 0 aromatic heterocycles. The summed E-state index contributed by atoms with van der Waals surface area (Å²) in [4.78, 5) is 4.27. The first kappa shape index (κ1) is 12.0. The average Bonchev–Trinajstić information content (AvgIpc) is 2.33. The molecule has 3 heteroatoms. The second-order valence-electron chi connectivity index (χ2n) is 4.62. The fraction of sp³-hybridized carbons (Fsp3) is 0.500. The molecule has 0 spiro atoms. The molecule has 1 aromatic carbocycles. The molecule has 0 bridgehead atoms. The van der Waals surface area contributed by atoms with Crippen molar-refractivity contribution < 1.29 is 0 Å². The number of guanidine groups is 1. The maximum atomic E-state index is 4.27. The number of hydrogen-bond donors (Lipinski definition) is 2. The molecule has 2 rings (SSSR count). The second kappa shape index (κ2) is 5.71. The Labute approximate surface area is 103 Å². The quantitative estimate of drug-likeness (QED) is 0.619. The Morgan fingerprint density at radius 2 is 2.00 bits per heavy atom. The lowest BCUT2D eigenvalue weighted by atomic mass is 9.93. The van der Waals surface area contributed by atoms with Crippen molar-refractivity contribution in [2.75, 3.05) is 7.05 Å². The molecule has 1 saturated carbocycles. The van der Waals surface area contributed by atoms with Crippen LogP contribution in [0.4, 0.5) is 0 Å². The summed E-state index contributed by atoms with van der Waals surface area (Å²) in [7, 11) is 1.83. The minimum absolute atomic E-state index is 0.280. The minimum atomic E-state index is 0.280. The highest BCUT2D eigenvalue weighted by Gasteiger charge is 2.18. The third kappa shape index (κ3) is 3.22. The standard InChI is InChI=1S/C14H21N3/c1-11(12-7-4-3-5-8-12)16-14(15-2)17-13-9-6-10-13/h3-5,7-8,11,13H,6,9-10H2,1-2H3,(H2,15,16,17). The van der Waals surface area contributed by atoms with Gasteiger partial charge in [-0.3, -0.25) is 4.99 Å². The van der Waals surface area contributed by atoms with Crippen LogP contribution in [0.15, 0.2) is 35.3 Å². The topological polar surface area (TPSA) is 36.4 Å². The molecule has 1 unspecified atom stereocenters. The summed E-state index contributed by atoms with van der Waals surface area (Å²) >= 11 is 0. The molecule has 0 amide bonds. The van der Waals surface area contributed by atoms with Crippen LogP contribution in [0.25, 0.3) is 0 Å². The molecule has 0 radical (unpaired) electrons. The van der Waals surface area contributed by atoms with Gasteiger partial charge in [-0.15, -0.1) is 0 Å². The maximum absolute atomic E-state index is 4.27. The smallest absolute Gasteiger partial charge is 0.191 e. The van der Waals surface area contributed by atoms with Gasteiger partial charge in [0.25, 0.3) is 0 Å². The van der Waals surface area contributed by atoms with Crippen molar-refractivity contribution in [3.8, 4) is 0 Å². The van der Waals surface area contributed by atoms with Crippen molar-refractivity contribution >= 4 is 5.96 Å². The van der Waals surface area contributed by atoms with Crippen molar-refractivity contribution in [3.05, 3.63) is 35.9 Å². The monoisotopic (exact) mass is 231 g/mol. The summed E-state index contributed by atoms with van der Waals surface area (Å²) in [5.41, 5.74) is 1.28. The largest absolute Gasteiger partial charge is 0.354 e. The Morgan fingerprint density at radius 3 is 2.53 bits per heavy atom. The summed E-state index contributed by atoms with van der Waals surface area (Å²) in [6.07, 6.45) is 3.86. The van der Waals surface area contributed by atoms with Gasteiger partial charge in [-0.2, -0.15) is 0 Å². The molecule has 0 saturated heterocycles. The number of nitrogens with zero attached hydrogens (tertiary/aromatic N) is 1. The van der Waals surface area contributed by atoms with Gasteiger partial charge in [0, 0.05) is 13.1 Å². The van der Waals surface area contributed by atoms with Gasteiger partial charge >= 0.3 is 0 Å². The van der Waals surface area contributed by atoms with Crippen LogP contribution in [0.2, 0.25) is 0 Å². The van der Waals surface area contributed by atoms with Crippen LogP contribution in [0.1, 0.15) is 37.8 Å². The molecule has 17 heavy (non-hydrogen) atoms. The minimum Gasteiger partial charge on any atom is -0.354 e. The number of rotatable bonds is 3. The third-order valence-corrected chi connectivity index (χ3v) is 3.32. The molecule has 1 aliphatic rings. The molecular weight excluding hydrogens is 210 g/mol. The Morgan fingerprint density at radius 1 is 1.29 bits per heavy atom. The van der Waals surface area contributed by atoms with Gasteiger partial charge in [0.1, 0.15) is 0 Å². The van der Waals surface area contributed by atoms with Gasteiger partial charge in [-0.25, -0.2) is 0 Å². The van der Waals surface area contributed by atoms with E-state index in [-0.39, 0.29) is 6.04 Å². The highest BCUT2D eigenvalue weighted by atomic mass is 15.2. The van der Waals surface area contributed by atoms with Gasteiger partial charge in [-0.05, 0) is 31.7 Å². The molecule has 1 aromatic rings. The van der Waals surface area contributed by atoms with Crippen molar-refractivity contribution in [2.24, 2.45) is 4.99 Å². The molecule has 1 fully saturated rings. The van der Waals surface area contributed by atoms with Crippen LogP contribution < -0.4 is 10.6 Å². The second-order valence-corrected chi connectivity index (χ2v) is 4.62. The van der Waals surface area contributed by atoms with Crippen LogP contribution in [0.5, 0.6) is 0 Å². The predicted octanol–water partition coefficient (Wildman–Crippen LogP) is 2.47. The molecule has 1 atom stereocenters. The lowest BCUT2D eigenvalue weighted by Gasteiger charge is -2.29. The Bertz CT molecular complexity index is 368. The Kier molecular flexibility index (Phi) is 4.02. The molecule has 0 aliphatic heterocycles. The van der Waals surface area contributed by atoms with Crippen LogP contribution in [-0.2, 0) is 0 Å². The van der Waals surface area contributed by atoms with E-state index in [1.807, 2.05) is 13.1 Å². The highest BCUT2D eigenvalue weighted by molar-refractivity contribution is 5.80. The van der Waals surface area contributed by atoms with E-state index in [2.05, 4.69) is 46.8 Å². The van der Waals surface area contributed by atoms with Crippen molar-refractivity contribution in [2.45, 2.75) is 38.3 Å². The molecule has 1 aliphatic carbocycles. The predicted molar refractivity (Wildman–Crippen MR) is 72.1 cm³/mol. The molecular formula is C14H21N3. The summed E-state index contributed by atoms with van der Waals surface area (Å²) in [6.45, 7) is 2.16. The molecule has 0 heterocycles. The van der Waals surface area contributed by atoms with E-state index in [4.69, 9.17) is 0 Å². The van der Waals surface area contributed by atoms with Crippen LogP contribution in [-0.4, -0.2) is 19.0 Å². The van der Waals surface area contributed by atoms with Gasteiger partial charge in [-0.1, -0.05) is 30.3 Å². The van der Waals surface area contributed by atoms with E-state index in [0.717, 1.165) is 5.96 Å².